The summed E-state index contributed by atoms with van der Waals surface area (Å²) < 4.78 is 28.5. The molecule has 0 aliphatic heterocycles. The van der Waals surface area contributed by atoms with Gasteiger partial charge in [-0.05, 0) is 48.9 Å². The van der Waals surface area contributed by atoms with Gasteiger partial charge in [0.25, 0.3) is 10.0 Å². The van der Waals surface area contributed by atoms with E-state index in [-0.39, 0.29) is 10.8 Å². The number of aryl methyl sites for hydroxylation is 1. The van der Waals surface area contributed by atoms with Crippen LogP contribution < -0.4 is 10.0 Å². The Labute approximate surface area is 157 Å². The maximum Gasteiger partial charge on any atom is 0.261 e. The van der Waals surface area contributed by atoms with Crippen LogP contribution in [-0.4, -0.2) is 14.3 Å². The Kier molecular flexibility index (Phi) is 5.58. The van der Waals surface area contributed by atoms with Gasteiger partial charge in [-0.1, -0.05) is 42.8 Å². The smallest absolute Gasteiger partial charge is 0.261 e. The zero-order valence-electron chi connectivity index (χ0n) is 14.6. The van der Waals surface area contributed by atoms with Crippen molar-refractivity contribution in [3.8, 4) is 0 Å². The van der Waals surface area contributed by atoms with E-state index in [0.29, 0.717) is 11.4 Å². The summed E-state index contributed by atoms with van der Waals surface area (Å²) in [4.78, 5) is 12.2. The van der Waals surface area contributed by atoms with Crippen molar-refractivity contribution < 1.29 is 13.2 Å². The van der Waals surface area contributed by atoms with E-state index in [1.165, 1.54) is 6.07 Å². The largest absolute Gasteiger partial charge is 0.326 e. The number of nitrogens with one attached hydrogen (secondary N) is 2. The molecule has 2 N–H and O–H groups in total. The van der Waals surface area contributed by atoms with Gasteiger partial charge in [0.05, 0.1) is 10.6 Å². The minimum absolute atomic E-state index is 0.143. The van der Waals surface area contributed by atoms with E-state index in [1.54, 1.807) is 36.4 Å². The van der Waals surface area contributed by atoms with Crippen LogP contribution in [0.3, 0.4) is 0 Å². The molecule has 0 saturated heterocycles. The Bertz CT molecular complexity index is 903. The minimum Gasteiger partial charge on any atom is -0.326 e. The highest BCUT2D eigenvalue weighted by molar-refractivity contribution is 9.10. The van der Waals surface area contributed by atoms with Gasteiger partial charge < -0.3 is 5.32 Å². The Morgan fingerprint density at radius 2 is 1.68 bits per heavy atom. The number of carbonyl (C=O) groups is 1. The summed E-state index contributed by atoms with van der Waals surface area (Å²) >= 11 is 3.36. The fourth-order valence-corrected chi connectivity index (χ4v) is 3.36. The molecule has 5 nitrogen and oxygen atoms in total. The molecule has 7 heteroatoms. The zero-order chi connectivity index (χ0) is 18.8. The van der Waals surface area contributed by atoms with Crippen LogP contribution in [0.25, 0.3) is 0 Å². The van der Waals surface area contributed by atoms with Crippen LogP contribution in [0.1, 0.15) is 26.3 Å². The summed E-state index contributed by atoms with van der Waals surface area (Å²) in [6.07, 6.45) is 0. The van der Waals surface area contributed by atoms with Crippen molar-refractivity contribution in [1.82, 2.24) is 0 Å². The van der Waals surface area contributed by atoms with E-state index in [2.05, 4.69) is 26.0 Å². The lowest BCUT2D eigenvalue weighted by atomic mass is 9.95. The maximum atomic E-state index is 12.5. The lowest BCUT2D eigenvalue weighted by molar-refractivity contribution is -0.123. The summed E-state index contributed by atoms with van der Waals surface area (Å²) in [6.45, 7) is 7.26. The van der Waals surface area contributed by atoms with Gasteiger partial charge in [0.2, 0.25) is 5.91 Å². The van der Waals surface area contributed by atoms with Crippen LogP contribution in [0, 0.1) is 12.3 Å². The van der Waals surface area contributed by atoms with Gasteiger partial charge in [-0.2, -0.15) is 0 Å². The molecule has 0 bridgehead atoms. The summed E-state index contributed by atoms with van der Waals surface area (Å²) in [5.41, 5.74) is 1.21. The molecule has 0 spiro atoms. The molecule has 25 heavy (non-hydrogen) atoms. The molecule has 0 aliphatic carbocycles. The Hall–Kier alpha value is -1.86. The van der Waals surface area contributed by atoms with Gasteiger partial charge in [0.15, 0.2) is 0 Å². The number of sulfonamides is 1. The van der Waals surface area contributed by atoms with Gasteiger partial charge in [0.1, 0.15) is 0 Å². The molecular weight excluding hydrogens is 404 g/mol. The van der Waals surface area contributed by atoms with E-state index < -0.39 is 15.4 Å². The molecule has 0 saturated carbocycles. The summed E-state index contributed by atoms with van der Waals surface area (Å²) in [5.74, 6) is -0.143. The molecular formula is C18H21BrN2O3S. The molecule has 134 valence electrons. The van der Waals surface area contributed by atoms with Crippen molar-refractivity contribution >= 4 is 43.2 Å². The van der Waals surface area contributed by atoms with Crippen molar-refractivity contribution in [3.05, 3.63) is 52.5 Å². The SMILES string of the molecule is Cc1cc(S(=O)(=O)Nc2cccc(NC(=O)C(C)(C)C)c2)ccc1Br. The summed E-state index contributed by atoms with van der Waals surface area (Å²) in [5, 5.41) is 2.78. The number of rotatable bonds is 4. The number of amides is 1. The number of benzene rings is 2. The number of hydrogen-bond donors (Lipinski definition) is 2. The molecule has 0 aliphatic rings. The highest BCUT2D eigenvalue weighted by atomic mass is 79.9. The van der Waals surface area contributed by atoms with Gasteiger partial charge in [-0.15, -0.1) is 0 Å². The number of anilines is 2. The van der Waals surface area contributed by atoms with Gasteiger partial charge >= 0.3 is 0 Å². The number of carbonyl (C=O) groups excluding carboxylic acids is 1. The Morgan fingerprint density at radius 1 is 1.04 bits per heavy atom. The lowest BCUT2D eigenvalue weighted by Gasteiger charge is -2.18. The second-order valence-corrected chi connectivity index (χ2v) is 9.34. The predicted molar refractivity (Wildman–Crippen MR) is 104 cm³/mol. The van der Waals surface area contributed by atoms with Crippen molar-refractivity contribution in [2.45, 2.75) is 32.6 Å². The van der Waals surface area contributed by atoms with Gasteiger partial charge in [-0.25, -0.2) is 8.42 Å². The molecule has 2 rings (SSSR count). The average molecular weight is 425 g/mol. The third-order valence-electron chi connectivity index (χ3n) is 3.49. The first kappa shape index (κ1) is 19.5. The Balaban J connectivity index is 2.23. The quantitative estimate of drug-likeness (QED) is 0.755. The van der Waals surface area contributed by atoms with Gasteiger partial charge in [0, 0.05) is 15.6 Å². The van der Waals surface area contributed by atoms with E-state index >= 15 is 0 Å². The molecule has 0 radical (unpaired) electrons. The maximum absolute atomic E-state index is 12.5. The molecule has 0 unspecified atom stereocenters. The van der Waals surface area contributed by atoms with Crippen molar-refractivity contribution in [3.63, 3.8) is 0 Å². The standard InChI is InChI=1S/C18H21BrN2O3S/c1-12-10-15(8-9-16(12)19)25(23,24)21-14-7-5-6-13(11-14)20-17(22)18(2,3)4/h5-11,21H,1-4H3,(H,20,22). The summed E-state index contributed by atoms with van der Waals surface area (Å²) in [6, 6.07) is 11.4. The van der Waals surface area contributed by atoms with Crippen LogP contribution >= 0.6 is 15.9 Å². The van der Waals surface area contributed by atoms with E-state index in [1.807, 2.05) is 27.7 Å². The average Bonchev–Trinajstić information content (AvgIpc) is 2.48. The highest BCUT2D eigenvalue weighted by Gasteiger charge is 2.21. The second-order valence-electron chi connectivity index (χ2n) is 6.80. The van der Waals surface area contributed by atoms with Crippen molar-refractivity contribution in [2.75, 3.05) is 10.0 Å². The van der Waals surface area contributed by atoms with E-state index in [4.69, 9.17) is 0 Å². The van der Waals surface area contributed by atoms with Crippen molar-refractivity contribution in [2.24, 2.45) is 5.41 Å². The molecule has 0 heterocycles. The minimum atomic E-state index is -3.71. The topological polar surface area (TPSA) is 75.3 Å². The zero-order valence-corrected chi connectivity index (χ0v) is 17.0. The van der Waals surface area contributed by atoms with Crippen molar-refractivity contribution in [1.29, 1.82) is 0 Å². The first-order valence-corrected chi connectivity index (χ1v) is 9.97. The van der Waals surface area contributed by atoms with E-state index in [9.17, 15) is 13.2 Å². The third kappa shape index (κ3) is 5.06. The first-order valence-electron chi connectivity index (χ1n) is 7.69. The Morgan fingerprint density at radius 3 is 2.28 bits per heavy atom. The van der Waals surface area contributed by atoms with Gasteiger partial charge in [-0.3, -0.25) is 9.52 Å². The predicted octanol–water partition coefficient (Wildman–Crippen LogP) is 4.54. The molecule has 2 aromatic carbocycles. The first-order chi connectivity index (χ1) is 11.5. The summed E-state index contributed by atoms with van der Waals surface area (Å²) in [7, 11) is -3.71. The fraction of sp³-hybridized carbons (Fsp3) is 0.278. The van der Waals surface area contributed by atoms with Crippen LogP contribution in [0.2, 0.25) is 0 Å². The third-order valence-corrected chi connectivity index (χ3v) is 5.76. The van der Waals surface area contributed by atoms with Crippen LogP contribution in [0.15, 0.2) is 51.8 Å². The molecule has 2 aromatic rings. The number of hydrogen-bond acceptors (Lipinski definition) is 3. The molecule has 0 aromatic heterocycles. The fourth-order valence-electron chi connectivity index (χ4n) is 1.98. The number of halogens is 1. The second kappa shape index (κ2) is 7.17. The molecule has 1 amide bonds. The van der Waals surface area contributed by atoms with Crippen LogP contribution in [0.4, 0.5) is 11.4 Å². The normalized spacial score (nSPS) is 11.9. The highest BCUT2D eigenvalue weighted by Crippen LogP contribution is 2.24. The van der Waals surface area contributed by atoms with Crippen LogP contribution in [-0.2, 0) is 14.8 Å². The van der Waals surface area contributed by atoms with Crippen LogP contribution in [0.5, 0.6) is 0 Å². The molecule has 0 atom stereocenters. The lowest BCUT2D eigenvalue weighted by Crippen LogP contribution is -2.27. The van der Waals surface area contributed by atoms with E-state index in [0.717, 1.165) is 10.0 Å². The molecule has 0 fully saturated rings. The monoisotopic (exact) mass is 424 g/mol.